The van der Waals surface area contributed by atoms with Crippen LogP contribution in [-0.4, -0.2) is 47.4 Å². The monoisotopic (exact) mass is 530 g/mol. The van der Waals surface area contributed by atoms with Gasteiger partial charge in [-0.15, -0.1) is 11.3 Å². The molecule has 0 N–H and O–H groups in total. The van der Waals surface area contributed by atoms with Crippen molar-refractivity contribution in [2.75, 3.05) is 19.7 Å². The van der Waals surface area contributed by atoms with Gasteiger partial charge in [0.15, 0.2) is 0 Å². The van der Waals surface area contributed by atoms with Crippen LogP contribution in [0.15, 0.2) is 60.0 Å². The van der Waals surface area contributed by atoms with Gasteiger partial charge in [0.2, 0.25) is 5.91 Å². The summed E-state index contributed by atoms with van der Waals surface area (Å²) in [6.07, 6.45) is 1.53. The smallest absolute Gasteiger partial charge is 0.254 e. The van der Waals surface area contributed by atoms with Gasteiger partial charge >= 0.3 is 0 Å². The Balaban J connectivity index is 1.54. The van der Waals surface area contributed by atoms with E-state index in [1.54, 1.807) is 52.6 Å². The van der Waals surface area contributed by atoms with Gasteiger partial charge in [-0.3, -0.25) is 9.59 Å². The maximum Gasteiger partial charge on any atom is 0.254 e. The van der Waals surface area contributed by atoms with Crippen molar-refractivity contribution in [3.63, 3.8) is 0 Å². The first-order chi connectivity index (χ1) is 16.9. The Morgan fingerprint density at radius 2 is 1.91 bits per heavy atom. The molecule has 0 unspecified atom stereocenters. The summed E-state index contributed by atoms with van der Waals surface area (Å²) in [5.41, 5.74) is 1.59. The first kappa shape index (κ1) is 25.5. The van der Waals surface area contributed by atoms with Crippen molar-refractivity contribution >= 4 is 46.4 Å². The molecule has 184 valence electrons. The summed E-state index contributed by atoms with van der Waals surface area (Å²) in [6.45, 7) is 4.87. The van der Waals surface area contributed by atoms with Gasteiger partial charge in [0.25, 0.3) is 5.91 Å². The molecule has 35 heavy (non-hydrogen) atoms. The molecule has 0 spiro atoms. The highest BCUT2D eigenvalue weighted by molar-refractivity contribution is 7.10. The highest BCUT2D eigenvalue weighted by Crippen LogP contribution is 2.34. The number of carbonyl (C=O) groups is 2. The molecule has 5 nitrogen and oxygen atoms in total. The predicted octanol–water partition coefficient (Wildman–Crippen LogP) is 6.50. The van der Waals surface area contributed by atoms with Crippen LogP contribution in [0.5, 0.6) is 5.75 Å². The highest BCUT2D eigenvalue weighted by atomic mass is 35.5. The topological polar surface area (TPSA) is 49.9 Å². The lowest BCUT2D eigenvalue weighted by atomic mass is 10.00. The number of fused-ring (bicyclic) bond motifs is 1. The van der Waals surface area contributed by atoms with Crippen LogP contribution in [-0.2, 0) is 11.2 Å². The number of amides is 2. The quantitative estimate of drug-likeness (QED) is 0.334. The minimum Gasteiger partial charge on any atom is -0.491 e. The van der Waals surface area contributed by atoms with E-state index in [0.717, 1.165) is 18.4 Å². The average molecular weight is 532 g/mol. The van der Waals surface area contributed by atoms with Crippen LogP contribution in [0.25, 0.3) is 0 Å². The summed E-state index contributed by atoms with van der Waals surface area (Å²) in [5, 5.41) is 3.19. The van der Waals surface area contributed by atoms with E-state index in [1.165, 1.54) is 4.88 Å². The molecule has 0 bridgehead atoms. The van der Waals surface area contributed by atoms with Crippen LogP contribution < -0.4 is 4.74 Å². The lowest BCUT2D eigenvalue weighted by Gasteiger charge is -2.38. The number of halogens is 2. The molecule has 1 aliphatic heterocycles. The summed E-state index contributed by atoms with van der Waals surface area (Å²) in [6, 6.07) is 15.8. The van der Waals surface area contributed by atoms with Crippen LogP contribution in [0.2, 0.25) is 10.0 Å². The van der Waals surface area contributed by atoms with Crippen LogP contribution in [0.3, 0.4) is 0 Å². The number of rotatable bonds is 8. The molecule has 0 fully saturated rings. The van der Waals surface area contributed by atoms with Crippen LogP contribution in [0.4, 0.5) is 0 Å². The minimum atomic E-state index is -0.228. The number of thiophene rings is 1. The van der Waals surface area contributed by atoms with Gasteiger partial charge in [-0.2, -0.15) is 0 Å². The fraction of sp³-hybridized carbons (Fsp3) is 0.333. The lowest BCUT2D eigenvalue weighted by molar-refractivity contribution is -0.136. The summed E-state index contributed by atoms with van der Waals surface area (Å²) < 4.78 is 6.07. The fourth-order valence-corrected chi connectivity index (χ4v) is 5.50. The van der Waals surface area contributed by atoms with E-state index in [2.05, 4.69) is 11.4 Å². The molecule has 2 heterocycles. The Labute approximate surface area is 220 Å². The minimum absolute atomic E-state index is 0.00271. The third kappa shape index (κ3) is 6.00. The molecule has 8 heteroatoms. The molecule has 0 aliphatic carbocycles. The van der Waals surface area contributed by atoms with Crippen molar-refractivity contribution in [2.45, 2.75) is 38.8 Å². The van der Waals surface area contributed by atoms with Gasteiger partial charge in [0.05, 0.1) is 6.04 Å². The van der Waals surface area contributed by atoms with Crippen LogP contribution >= 0.6 is 34.5 Å². The van der Waals surface area contributed by atoms with E-state index in [0.29, 0.717) is 34.5 Å². The second-order valence-corrected chi connectivity index (χ2v) is 10.5. The third-order valence-corrected chi connectivity index (χ3v) is 7.88. The molecule has 0 saturated carbocycles. The van der Waals surface area contributed by atoms with E-state index in [-0.39, 0.29) is 30.4 Å². The van der Waals surface area contributed by atoms with E-state index in [4.69, 9.17) is 27.9 Å². The Morgan fingerprint density at radius 1 is 1.14 bits per heavy atom. The molecule has 2 atom stereocenters. The van der Waals surface area contributed by atoms with E-state index >= 15 is 0 Å². The second-order valence-electron chi connectivity index (χ2n) is 8.62. The normalized spacial score (nSPS) is 15.9. The molecule has 3 aromatic rings. The molecule has 0 radical (unpaired) electrons. The number of nitrogens with zero attached hydrogens (tertiary/aromatic N) is 2. The van der Waals surface area contributed by atoms with E-state index < -0.39 is 0 Å². The number of hydrogen-bond acceptors (Lipinski definition) is 4. The SMILES string of the molecule is CC[C@@H](C)N(CC(=O)N1CCc2sccc2[C@H]1COc1ccc(Cl)cc1)C(=O)c1cccc(Cl)c1. The van der Waals surface area contributed by atoms with Crippen LogP contribution in [0.1, 0.15) is 47.1 Å². The predicted molar refractivity (Wildman–Crippen MR) is 142 cm³/mol. The zero-order valence-electron chi connectivity index (χ0n) is 19.7. The maximum atomic E-state index is 13.7. The van der Waals surface area contributed by atoms with Gasteiger partial charge in [0, 0.05) is 33.1 Å². The number of carbonyl (C=O) groups excluding carboxylic acids is 2. The number of hydrogen-bond donors (Lipinski definition) is 0. The van der Waals surface area contributed by atoms with Gasteiger partial charge in [-0.05, 0) is 79.2 Å². The zero-order valence-corrected chi connectivity index (χ0v) is 22.1. The van der Waals surface area contributed by atoms with Crippen molar-refractivity contribution in [1.82, 2.24) is 9.80 Å². The molecular formula is C27H28Cl2N2O3S. The van der Waals surface area contributed by atoms with Gasteiger partial charge in [-0.25, -0.2) is 0 Å². The molecule has 4 rings (SSSR count). The van der Waals surface area contributed by atoms with Crippen molar-refractivity contribution in [3.8, 4) is 5.75 Å². The van der Waals surface area contributed by atoms with E-state index in [1.807, 2.05) is 30.9 Å². The fourth-order valence-electron chi connectivity index (χ4n) is 4.25. The zero-order chi connectivity index (χ0) is 24.9. The maximum absolute atomic E-state index is 13.7. The number of benzene rings is 2. The molecule has 0 saturated heterocycles. The summed E-state index contributed by atoms with van der Waals surface area (Å²) in [4.78, 5) is 31.8. The highest BCUT2D eigenvalue weighted by Gasteiger charge is 2.34. The van der Waals surface area contributed by atoms with Gasteiger partial charge < -0.3 is 14.5 Å². The van der Waals surface area contributed by atoms with Crippen molar-refractivity contribution < 1.29 is 14.3 Å². The molecule has 1 aromatic heterocycles. The Morgan fingerprint density at radius 3 is 2.63 bits per heavy atom. The molecule has 1 aliphatic rings. The summed E-state index contributed by atoms with van der Waals surface area (Å²) >= 11 is 13.8. The second kappa shape index (κ2) is 11.5. The molecular weight excluding hydrogens is 503 g/mol. The first-order valence-electron chi connectivity index (χ1n) is 11.7. The van der Waals surface area contributed by atoms with E-state index in [9.17, 15) is 9.59 Å². The van der Waals surface area contributed by atoms with Crippen LogP contribution in [0, 0.1) is 0 Å². The number of ether oxygens (including phenoxy) is 1. The van der Waals surface area contributed by atoms with Crippen molar-refractivity contribution in [1.29, 1.82) is 0 Å². The first-order valence-corrected chi connectivity index (χ1v) is 13.3. The largest absolute Gasteiger partial charge is 0.491 e. The van der Waals surface area contributed by atoms with Gasteiger partial charge in [0.1, 0.15) is 18.9 Å². The van der Waals surface area contributed by atoms with Gasteiger partial charge in [-0.1, -0.05) is 36.2 Å². The summed E-state index contributed by atoms with van der Waals surface area (Å²) in [7, 11) is 0. The van der Waals surface area contributed by atoms with Crippen molar-refractivity contribution in [2.24, 2.45) is 0 Å². The van der Waals surface area contributed by atoms with Crippen molar-refractivity contribution in [3.05, 3.63) is 86.0 Å². The average Bonchev–Trinajstić information content (AvgIpc) is 3.35. The molecule has 2 amide bonds. The lowest BCUT2D eigenvalue weighted by Crippen LogP contribution is -2.49. The Bertz CT molecular complexity index is 1180. The Hall–Kier alpha value is -2.54. The summed E-state index contributed by atoms with van der Waals surface area (Å²) in [5.74, 6) is 0.404. The Kier molecular flexibility index (Phi) is 8.37. The standard InChI is InChI=1S/C27H28Cl2N2O3S/c1-3-18(2)31(27(33)19-5-4-6-21(29)15-19)16-26(32)30-13-11-25-23(12-14-35-25)24(30)17-34-22-9-7-20(28)8-10-22/h4-10,12,14-15,18,24H,3,11,13,16-17H2,1-2H3/t18-,24-/m1/s1. The molecule has 2 aromatic carbocycles. The third-order valence-electron chi connectivity index (χ3n) is 6.40.